The maximum Gasteiger partial charge on any atom is 0.490 e. The number of carboxylic acid groups (broad SMARTS) is 2. The van der Waals surface area contributed by atoms with Crippen LogP contribution in [0.3, 0.4) is 0 Å². The first-order valence-electron chi connectivity index (χ1n) is 11.9. The molecule has 0 fully saturated rings. The number of aromatic nitrogens is 2. The van der Waals surface area contributed by atoms with E-state index in [0.717, 1.165) is 29.4 Å². The molecule has 3 aromatic rings. The van der Waals surface area contributed by atoms with Crippen molar-refractivity contribution in [3.8, 4) is 23.1 Å². The lowest BCUT2D eigenvalue weighted by molar-refractivity contribution is -0.192. The highest BCUT2D eigenvalue weighted by molar-refractivity contribution is 5.73. The maximum atomic E-state index is 11.4. The van der Waals surface area contributed by atoms with Gasteiger partial charge in [0.15, 0.2) is 23.1 Å². The highest BCUT2D eigenvalue weighted by atomic mass is 19.4. The van der Waals surface area contributed by atoms with E-state index in [0.29, 0.717) is 49.2 Å². The van der Waals surface area contributed by atoms with E-state index in [9.17, 15) is 23.1 Å². The molecule has 5 rings (SSSR count). The van der Waals surface area contributed by atoms with Crippen molar-refractivity contribution in [1.29, 1.82) is 0 Å². The zero-order chi connectivity index (χ0) is 28.7. The largest absolute Gasteiger partial charge is 0.490 e. The monoisotopic (exact) mass is 567 g/mol. The molecule has 0 saturated heterocycles. The highest BCUT2D eigenvalue weighted by Gasteiger charge is 2.38. The zero-order valence-corrected chi connectivity index (χ0v) is 20.8. The molecular weight excluding hydrogens is 543 g/mol. The molecule has 1 unspecified atom stereocenters. The summed E-state index contributed by atoms with van der Waals surface area (Å²) in [4.78, 5) is 24.9. The average molecular weight is 567 g/mol. The number of carbonyl (C=O) groups is 2. The van der Waals surface area contributed by atoms with Gasteiger partial charge < -0.3 is 39.0 Å². The first-order valence-corrected chi connectivity index (χ1v) is 11.9. The lowest BCUT2D eigenvalue weighted by Gasteiger charge is -2.18. The van der Waals surface area contributed by atoms with Gasteiger partial charge in [0.25, 0.3) is 5.88 Å². The van der Waals surface area contributed by atoms with Crippen molar-refractivity contribution in [2.24, 2.45) is 0 Å². The zero-order valence-electron chi connectivity index (χ0n) is 20.8. The first kappa shape index (κ1) is 28.3. The molecule has 0 saturated carbocycles. The van der Waals surface area contributed by atoms with E-state index in [1.807, 2.05) is 24.3 Å². The van der Waals surface area contributed by atoms with E-state index < -0.39 is 18.1 Å². The predicted molar refractivity (Wildman–Crippen MR) is 129 cm³/mol. The van der Waals surface area contributed by atoms with Crippen LogP contribution in [0.15, 0.2) is 40.9 Å². The predicted octanol–water partition coefficient (Wildman–Crippen LogP) is 3.66. The minimum absolute atomic E-state index is 0.0573. The maximum absolute atomic E-state index is 11.4. The van der Waals surface area contributed by atoms with Crippen LogP contribution in [0.4, 0.5) is 19.0 Å². The van der Waals surface area contributed by atoms with Crippen LogP contribution in [0.1, 0.15) is 29.4 Å². The molecule has 3 N–H and O–H groups in total. The molecule has 1 atom stereocenters. The highest BCUT2D eigenvalue weighted by Crippen LogP contribution is 2.36. The van der Waals surface area contributed by atoms with Crippen molar-refractivity contribution >= 4 is 17.8 Å². The molecule has 0 spiro atoms. The number of carboxylic acids is 2. The van der Waals surface area contributed by atoms with Gasteiger partial charge in [-0.15, -0.1) is 0 Å². The number of hydrogen-bond acceptors (Lipinski definition) is 10. The van der Waals surface area contributed by atoms with Crippen molar-refractivity contribution in [1.82, 2.24) is 10.1 Å². The number of nitrogens with one attached hydrogen (secondary N) is 1. The molecule has 4 heterocycles. The van der Waals surface area contributed by atoms with Gasteiger partial charge in [0.2, 0.25) is 6.79 Å². The Kier molecular flexibility index (Phi) is 8.81. The van der Waals surface area contributed by atoms with E-state index in [1.165, 1.54) is 0 Å². The molecule has 40 heavy (non-hydrogen) atoms. The number of halogens is 3. The Morgan fingerprint density at radius 3 is 2.55 bits per heavy atom. The molecule has 0 aliphatic carbocycles. The number of ether oxygens (including phenoxy) is 4. The van der Waals surface area contributed by atoms with Crippen LogP contribution in [0.2, 0.25) is 0 Å². The van der Waals surface area contributed by atoms with Gasteiger partial charge in [0.05, 0.1) is 19.6 Å². The summed E-state index contributed by atoms with van der Waals surface area (Å²) < 4.78 is 59.1. The summed E-state index contributed by atoms with van der Waals surface area (Å²) in [6, 6.07) is 11.0. The van der Waals surface area contributed by atoms with Crippen LogP contribution in [-0.2, 0) is 22.4 Å². The molecule has 2 aliphatic heterocycles. The molecule has 2 aromatic heterocycles. The average Bonchev–Trinajstić information content (AvgIpc) is 3.57. The van der Waals surface area contributed by atoms with E-state index in [-0.39, 0.29) is 19.1 Å². The molecule has 214 valence electrons. The van der Waals surface area contributed by atoms with Crippen LogP contribution in [0, 0.1) is 0 Å². The number of benzene rings is 1. The van der Waals surface area contributed by atoms with E-state index in [1.54, 1.807) is 12.1 Å². The van der Waals surface area contributed by atoms with Crippen LogP contribution >= 0.6 is 0 Å². The van der Waals surface area contributed by atoms with E-state index in [2.05, 4.69) is 15.5 Å². The Balaban J connectivity index is 0.000000470. The number of anilines is 1. The van der Waals surface area contributed by atoms with Gasteiger partial charge in [-0.2, -0.15) is 13.2 Å². The Bertz CT molecular complexity index is 1350. The lowest BCUT2D eigenvalue weighted by atomic mass is 9.91. The van der Waals surface area contributed by atoms with Gasteiger partial charge in [-0.3, -0.25) is 4.79 Å². The van der Waals surface area contributed by atoms with Gasteiger partial charge >= 0.3 is 18.1 Å². The molecule has 0 radical (unpaired) electrons. The van der Waals surface area contributed by atoms with Crippen molar-refractivity contribution in [2.45, 2.75) is 31.4 Å². The Morgan fingerprint density at radius 1 is 1.05 bits per heavy atom. The number of pyridine rings is 1. The minimum Gasteiger partial charge on any atom is -0.488 e. The van der Waals surface area contributed by atoms with Crippen molar-refractivity contribution in [2.75, 3.05) is 31.9 Å². The summed E-state index contributed by atoms with van der Waals surface area (Å²) in [5, 5.41) is 23.7. The Labute approximate surface area is 224 Å². The Morgan fingerprint density at radius 2 is 1.80 bits per heavy atom. The van der Waals surface area contributed by atoms with Crippen LogP contribution in [-0.4, -0.2) is 65.0 Å². The fourth-order valence-corrected chi connectivity index (χ4v) is 3.85. The lowest BCUT2D eigenvalue weighted by Crippen LogP contribution is -2.21. The molecule has 15 heteroatoms. The molecule has 12 nitrogen and oxygen atoms in total. The standard InChI is InChI=1S/C23H23N3O7.C2HF3O2/c27-22(28)11-15(14-1-3-18-20(10-14)32-13-31-18)9-17-12-21(26-33-17)30-7-5-16-2-4-19-23(25-16)24-6-8-29-19;3-2(4,5)1(6)7/h1-4,10,12,15H,5-9,11,13H2,(H,24,25)(H,27,28);(H,6,7). The first-order chi connectivity index (χ1) is 19.1. The second kappa shape index (κ2) is 12.4. The second-order valence-electron chi connectivity index (χ2n) is 8.57. The van der Waals surface area contributed by atoms with Gasteiger partial charge in [-0.1, -0.05) is 6.07 Å². The van der Waals surface area contributed by atoms with Crippen LogP contribution in [0.5, 0.6) is 23.1 Å². The fourth-order valence-electron chi connectivity index (χ4n) is 3.85. The van der Waals surface area contributed by atoms with Crippen LogP contribution in [0.25, 0.3) is 0 Å². The SMILES string of the molecule is O=C(O)C(F)(F)F.O=C(O)CC(Cc1cc(OCCc2ccc3c(n2)NCCO3)no1)c1ccc2c(c1)OCO2. The summed E-state index contributed by atoms with van der Waals surface area (Å²) in [6.45, 7) is 1.90. The van der Waals surface area contributed by atoms with E-state index >= 15 is 0 Å². The second-order valence-corrected chi connectivity index (χ2v) is 8.57. The molecule has 2 aliphatic rings. The summed E-state index contributed by atoms with van der Waals surface area (Å²) in [5.41, 5.74) is 1.70. The van der Waals surface area contributed by atoms with Crippen molar-refractivity contribution < 1.29 is 56.4 Å². The third kappa shape index (κ3) is 7.68. The third-order valence-corrected chi connectivity index (χ3v) is 5.69. The van der Waals surface area contributed by atoms with Gasteiger partial charge in [-0.25, -0.2) is 9.78 Å². The summed E-state index contributed by atoms with van der Waals surface area (Å²) >= 11 is 0. The van der Waals surface area contributed by atoms with Crippen molar-refractivity contribution in [3.05, 3.63) is 53.4 Å². The molecule has 0 bridgehead atoms. The topological polar surface area (TPSA) is 162 Å². The number of nitrogens with zero attached hydrogens (tertiary/aromatic N) is 2. The molecule has 0 amide bonds. The van der Waals surface area contributed by atoms with Crippen molar-refractivity contribution in [3.63, 3.8) is 0 Å². The quantitative estimate of drug-likeness (QED) is 0.345. The molecular formula is C25H24F3N3O9. The van der Waals surface area contributed by atoms with Gasteiger partial charge in [0.1, 0.15) is 12.4 Å². The summed E-state index contributed by atoms with van der Waals surface area (Å²) in [5.74, 6) is -0.306. The number of hydrogen-bond donors (Lipinski definition) is 3. The number of fused-ring (bicyclic) bond motifs is 2. The number of rotatable bonds is 9. The Hall–Kier alpha value is -4.69. The summed E-state index contributed by atoms with van der Waals surface area (Å²) in [6.07, 6.45) is -4.19. The third-order valence-electron chi connectivity index (χ3n) is 5.69. The smallest absolute Gasteiger partial charge is 0.488 e. The number of alkyl halides is 3. The number of aliphatic carboxylic acids is 2. The van der Waals surface area contributed by atoms with Gasteiger partial charge in [-0.05, 0) is 35.0 Å². The van der Waals surface area contributed by atoms with E-state index in [4.69, 9.17) is 33.4 Å². The minimum atomic E-state index is -5.08. The normalized spacial score (nSPS) is 14.1. The summed E-state index contributed by atoms with van der Waals surface area (Å²) in [7, 11) is 0. The van der Waals surface area contributed by atoms with Crippen LogP contribution < -0.4 is 24.3 Å². The van der Waals surface area contributed by atoms with Gasteiger partial charge in [0, 0.05) is 30.5 Å². The molecule has 1 aromatic carbocycles. The fraction of sp³-hybridized carbons (Fsp3) is 0.360.